The average molecular weight is 372 g/mol. The number of hydrogen-bond donors (Lipinski definition) is 1. The van der Waals surface area contributed by atoms with Gasteiger partial charge in [0, 0.05) is 18.8 Å². The van der Waals surface area contributed by atoms with Gasteiger partial charge in [-0.1, -0.05) is 12.1 Å². The van der Waals surface area contributed by atoms with E-state index in [4.69, 9.17) is 4.74 Å². The molecule has 2 aromatic rings. The lowest BCUT2D eigenvalue weighted by Crippen LogP contribution is -2.44. The molecule has 1 unspecified atom stereocenters. The van der Waals surface area contributed by atoms with Gasteiger partial charge >= 0.3 is 5.97 Å². The first-order valence-electron chi connectivity index (χ1n) is 8.54. The van der Waals surface area contributed by atoms with Crippen molar-refractivity contribution < 1.29 is 23.8 Å². The standard InChI is InChI=1S/C19H17FN2O5/c1-27-17-15-18(24)21(8-10-2-4-11(20)5-3-10)9-12-6-7-13(22(12)15)14(16(17)23)19(25)26/h2-5,12H,6-9H2,1H3,(H,25,26). The number of rotatable bonds is 4. The summed E-state index contributed by atoms with van der Waals surface area (Å²) in [6, 6.07) is 5.75. The molecule has 2 aliphatic rings. The lowest BCUT2D eigenvalue weighted by atomic mass is 10.1. The number of benzene rings is 1. The Morgan fingerprint density at radius 3 is 2.63 bits per heavy atom. The zero-order valence-corrected chi connectivity index (χ0v) is 14.6. The van der Waals surface area contributed by atoms with Crippen molar-refractivity contribution in [1.82, 2.24) is 9.47 Å². The Bertz CT molecular complexity index is 1010. The molecule has 0 saturated carbocycles. The number of amides is 1. The van der Waals surface area contributed by atoms with E-state index in [1.165, 1.54) is 19.2 Å². The molecule has 1 aromatic carbocycles. The van der Waals surface area contributed by atoms with Gasteiger partial charge in [-0.2, -0.15) is 0 Å². The Morgan fingerprint density at radius 2 is 2.00 bits per heavy atom. The van der Waals surface area contributed by atoms with Crippen molar-refractivity contribution in [1.29, 1.82) is 0 Å². The molecule has 1 N–H and O–H groups in total. The van der Waals surface area contributed by atoms with E-state index >= 15 is 0 Å². The number of aromatic carboxylic acids is 1. The molecular formula is C19H17FN2O5. The van der Waals surface area contributed by atoms with Gasteiger partial charge in [-0.25, -0.2) is 9.18 Å². The SMILES string of the molecule is COc1c2n3c(c(C(=O)O)c1=O)CCC3CN(Cc1ccc(F)cc1)C2=O. The van der Waals surface area contributed by atoms with Crippen LogP contribution in [0.3, 0.4) is 0 Å². The van der Waals surface area contributed by atoms with Crippen LogP contribution in [0.1, 0.15) is 44.6 Å². The predicted molar refractivity (Wildman–Crippen MR) is 92.7 cm³/mol. The zero-order valence-electron chi connectivity index (χ0n) is 14.6. The van der Waals surface area contributed by atoms with Crippen LogP contribution in [-0.4, -0.2) is 40.1 Å². The third-order valence-electron chi connectivity index (χ3n) is 5.17. The van der Waals surface area contributed by atoms with E-state index in [1.807, 2.05) is 0 Å². The molecule has 7 nitrogen and oxygen atoms in total. The zero-order chi connectivity index (χ0) is 19.3. The highest BCUT2D eigenvalue weighted by Gasteiger charge is 2.41. The minimum Gasteiger partial charge on any atom is -0.491 e. The third-order valence-corrected chi connectivity index (χ3v) is 5.17. The predicted octanol–water partition coefficient (Wildman–Crippen LogP) is 1.84. The summed E-state index contributed by atoms with van der Waals surface area (Å²) in [4.78, 5) is 38.9. The molecule has 4 rings (SSSR count). The van der Waals surface area contributed by atoms with Gasteiger partial charge < -0.3 is 19.3 Å². The summed E-state index contributed by atoms with van der Waals surface area (Å²) in [6.07, 6.45) is 1.04. The van der Waals surface area contributed by atoms with Gasteiger partial charge in [0.15, 0.2) is 11.4 Å². The molecule has 1 aromatic heterocycles. The van der Waals surface area contributed by atoms with Crippen LogP contribution in [0.5, 0.6) is 5.75 Å². The Morgan fingerprint density at radius 1 is 1.30 bits per heavy atom. The molecule has 0 spiro atoms. The number of carbonyl (C=O) groups is 2. The minimum absolute atomic E-state index is 0.0957. The van der Waals surface area contributed by atoms with Gasteiger partial charge in [0.05, 0.1) is 13.2 Å². The molecule has 1 amide bonds. The maximum absolute atomic E-state index is 13.1. The number of halogens is 1. The van der Waals surface area contributed by atoms with Crippen LogP contribution in [0, 0.1) is 5.82 Å². The normalized spacial score (nSPS) is 17.8. The van der Waals surface area contributed by atoms with Crippen molar-refractivity contribution in [2.75, 3.05) is 13.7 Å². The highest BCUT2D eigenvalue weighted by atomic mass is 19.1. The Hall–Kier alpha value is -3.16. The van der Waals surface area contributed by atoms with Crippen LogP contribution < -0.4 is 10.2 Å². The number of methoxy groups -OCH3 is 1. The lowest BCUT2D eigenvalue weighted by Gasteiger charge is -2.35. The maximum atomic E-state index is 13.1. The van der Waals surface area contributed by atoms with Crippen LogP contribution in [-0.2, 0) is 13.0 Å². The second-order valence-electron chi connectivity index (χ2n) is 6.71. The molecule has 2 aliphatic heterocycles. The van der Waals surface area contributed by atoms with Gasteiger partial charge in [0.1, 0.15) is 11.4 Å². The summed E-state index contributed by atoms with van der Waals surface area (Å²) in [5.41, 5.74) is 0.142. The van der Waals surface area contributed by atoms with Gasteiger partial charge in [-0.3, -0.25) is 9.59 Å². The first kappa shape index (κ1) is 17.3. The number of aromatic nitrogens is 1. The van der Waals surface area contributed by atoms with E-state index < -0.39 is 17.3 Å². The monoisotopic (exact) mass is 372 g/mol. The van der Waals surface area contributed by atoms with E-state index in [0.29, 0.717) is 25.1 Å². The summed E-state index contributed by atoms with van der Waals surface area (Å²) in [6.45, 7) is 0.657. The minimum atomic E-state index is -1.31. The van der Waals surface area contributed by atoms with Gasteiger partial charge in [-0.15, -0.1) is 0 Å². The van der Waals surface area contributed by atoms with Crippen molar-refractivity contribution in [3.8, 4) is 5.75 Å². The van der Waals surface area contributed by atoms with Gasteiger partial charge in [0.25, 0.3) is 5.91 Å². The summed E-state index contributed by atoms with van der Waals surface area (Å²) < 4.78 is 19.9. The van der Waals surface area contributed by atoms with Crippen molar-refractivity contribution in [2.24, 2.45) is 0 Å². The fourth-order valence-corrected chi connectivity index (χ4v) is 4.01. The molecule has 0 aliphatic carbocycles. The van der Waals surface area contributed by atoms with Crippen LogP contribution in [0.4, 0.5) is 4.39 Å². The maximum Gasteiger partial charge on any atom is 0.341 e. The number of hydrogen-bond acceptors (Lipinski definition) is 4. The fraction of sp³-hybridized carbons (Fsp3) is 0.316. The van der Waals surface area contributed by atoms with Crippen molar-refractivity contribution >= 4 is 11.9 Å². The Balaban J connectivity index is 1.82. The smallest absolute Gasteiger partial charge is 0.341 e. The number of pyridine rings is 1. The molecule has 0 bridgehead atoms. The number of carboxylic acids is 1. The molecule has 0 fully saturated rings. The summed E-state index contributed by atoms with van der Waals surface area (Å²) in [5, 5.41) is 9.46. The third kappa shape index (κ3) is 2.59. The van der Waals surface area contributed by atoms with Crippen molar-refractivity contribution in [3.05, 3.63) is 62.8 Å². The Kier molecular flexibility index (Phi) is 3.98. The number of carbonyl (C=O) groups excluding carboxylic acids is 1. The van der Waals surface area contributed by atoms with E-state index in [2.05, 4.69) is 0 Å². The van der Waals surface area contributed by atoms with E-state index in [-0.39, 0.29) is 35.4 Å². The first-order valence-corrected chi connectivity index (χ1v) is 8.54. The topological polar surface area (TPSA) is 88.8 Å². The molecular weight excluding hydrogens is 355 g/mol. The van der Waals surface area contributed by atoms with Crippen LogP contribution >= 0.6 is 0 Å². The van der Waals surface area contributed by atoms with Gasteiger partial charge in [-0.05, 0) is 30.5 Å². The Labute approximate surface area is 153 Å². The van der Waals surface area contributed by atoms with Crippen molar-refractivity contribution in [2.45, 2.75) is 25.4 Å². The summed E-state index contributed by atoms with van der Waals surface area (Å²) >= 11 is 0. The van der Waals surface area contributed by atoms with Crippen LogP contribution in [0.2, 0.25) is 0 Å². The summed E-state index contributed by atoms with van der Waals surface area (Å²) in [5.74, 6) is -2.31. The molecule has 1 atom stereocenters. The highest BCUT2D eigenvalue weighted by molar-refractivity contribution is 5.98. The second-order valence-corrected chi connectivity index (χ2v) is 6.71. The van der Waals surface area contributed by atoms with Crippen molar-refractivity contribution in [3.63, 3.8) is 0 Å². The highest BCUT2D eigenvalue weighted by Crippen LogP contribution is 2.37. The van der Waals surface area contributed by atoms with Crippen LogP contribution in [0.25, 0.3) is 0 Å². The second kappa shape index (κ2) is 6.22. The fourth-order valence-electron chi connectivity index (χ4n) is 4.01. The largest absolute Gasteiger partial charge is 0.491 e. The molecule has 8 heteroatoms. The number of ether oxygens (including phenoxy) is 1. The molecule has 0 radical (unpaired) electrons. The summed E-state index contributed by atoms with van der Waals surface area (Å²) in [7, 11) is 1.25. The molecule has 3 heterocycles. The van der Waals surface area contributed by atoms with E-state index in [0.717, 1.165) is 5.56 Å². The quantitative estimate of drug-likeness (QED) is 0.885. The average Bonchev–Trinajstić information content (AvgIpc) is 3.04. The van der Waals surface area contributed by atoms with Crippen LogP contribution in [0.15, 0.2) is 29.1 Å². The molecule has 0 saturated heterocycles. The van der Waals surface area contributed by atoms with Gasteiger partial charge in [0.2, 0.25) is 5.43 Å². The first-order chi connectivity index (χ1) is 12.9. The number of carboxylic acid groups (broad SMARTS) is 1. The molecule has 27 heavy (non-hydrogen) atoms. The number of nitrogens with zero attached hydrogens (tertiary/aromatic N) is 2. The molecule has 140 valence electrons. The lowest BCUT2D eigenvalue weighted by molar-refractivity contribution is 0.0640. The van der Waals surface area contributed by atoms with E-state index in [1.54, 1.807) is 21.6 Å². The van der Waals surface area contributed by atoms with E-state index in [9.17, 15) is 23.9 Å².